The molecule has 0 bridgehead atoms. The van der Waals surface area contributed by atoms with Crippen LogP contribution in [0.4, 0.5) is 11.4 Å². The molecule has 2 aromatic rings. The number of hydrogen-bond acceptors (Lipinski definition) is 3. The molecule has 0 aliphatic carbocycles. The number of rotatable bonds is 3. The number of nitrogens with two attached hydrogens (primary N) is 1. The standard InChI is InChI=1S/C20H23N3O2/c1-14-8-9-16(21)13-18(14)19(24)22-17-7-5-6-15(12-17)20(25)23-10-3-2-4-11-23/h5-9,12-13H,2-4,10-11,21H2,1H3,(H,22,24). The van der Waals surface area contributed by atoms with Crippen molar-refractivity contribution in [2.45, 2.75) is 26.2 Å². The van der Waals surface area contributed by atoms with Crippen molar-refractivity contribution in [2.24, 2.45) is 0 Å². The summed E-state index contributed by atoms with van der Waals surface area (Å²) in [5.41, 5.74) is 8.92. The van der Waals surface area contributed by atoms with Gasteiger partial charge in [-0.15, -0.1) is 0 Å². The van der Waals surface area contributed by atoms with E-state index in [1.807, 2.05) is 17.9 Å². The Morgan fingerprint density at radius 3 is 2.56 bits per heavy atom. The van der Waals surface area contributed by atoms with Gasteiger partial charge in [0, 0.05) is 35.6 Å². The van der Waals surface area contributed by atoms with E-state index < -0.39 is 0 Å². The normalized spacial score (nSPS) is 14.2. The van der Waals surface area contributed by atoms with Crippen LogP contribution in [0.15, 0.2) is 42.5 Å². The van der Waals surface area contributed by atoms with E-state index in [2.05, 4.69) is 5.32 Å². The van der Waals surface area contributed by atoms with Gasteiger partial charge in [-0.2, -0.15) is 0 Å². The molecule has 5 heteroatoms. The Hall–Kier alpha value is -2.82. The molecule has 3 rings (SSSR count). The van der Waals surface area contributed by atoms with Crippen LogP contribution in [0, 0.1) is 6.92 Å². The van der Waals surface area contributed by atoms with Crippen LogP contribution in [0.3, 0.4) is 0 Å². The minimum Gasteiger partial charge on any atom is -0.399 e. The van der Waals surface area contributed by atoms with Crippen LogP contribution in [0.2, 0.25) is 0 Å². The molecule has 0 radical (unpaired) electrons. The van der Waals surface area contributed by atoms with E-state index in [9.17, 15) is 9.59 Å². The van der Waals surface area contributed by atoms with E-state index in [4.69, 9.17) is 5.73 Å². The molecule has 1 saturated heterocycles. The lowest BCUT2D eigenvalue weighted by Gasteiger charge is -2.26. The van der Waals surface area contributed by atoms with Crippen molar-refractivity contribution in [1.29, 1.82) is 0 Å². The Morgan fingerprint density at radius 1 is 1.04 bits per heavy atom. The third kappa shape index (κ3) is 3.99. The van der Waals surface area contributed by atoms with Crippen LogP contribution < -0.4 is 11.1 Å². The highest BCUT2D eigenvalue weighted by Crippen LogP contribution is 2.19. The predicted octanol–water partition coefficient (Wildman–Crippen LogP) is 3.46. The molecule has 3 N–H and O–H groups in total. The summed E-state index contributed by atoms with van der Waals surface area (Å²) in [6, 6.07) is 12.3. The van der Waals surface area contributed by atoms with Gasteiger partial charge in [-0.1, -0.05) is 12.1 Å². The molecule has 1 aliphatic heterocycles. The average molecular weight is 337 g/mol. The van der Waals surface area contributed by atoms with Crippen molar-refractivity contribution < 1.29 is 9.59 Å². The Balaban J connectivity index is 1.76. The van der Waals surface area contributed by atoms with E-state index in [0.29, 0.717) is 22.5 Å². The SMILES string of the molecule is Cc1ccc(N)cc1C(=O)Nc1cccc(C(=O)N2CCCCC2)c1. The number of hydrogen-bond donors (Lipinski definition) is 2. The zero-order valence-electron chi connectivity index (χ0n) is 14.4. The maximum atomic E-state index is 12.6. The topological polar surface area (TPSA) is 75.4 Å². The molecule has 5 nitrogen and oxygen atoms in total. The Morgan fingerprint density at radius 2 is 1.80 bits per heavy atom. The molecule has 130 valence electrons. The highest BCUT2D eigenvalue weighted by molar-refractivity contribution is 6.06. The maximum absolute atomic E-state index is 12.6. The number of likely N-dealkylation sites (tertiary alicyclic amines) is 1. The Kier molecular flexibility index (Phi) is 5.03. The lowest BCUT2D eigenvalue weighted by Crippen LogP contribution is -2.35. The molecular formula is C20H23N3O2. The molecule has 0 aromatic heterocycles. The van der Waals surface area contributed by atoms with Gasteiger partial charge in [0.25, 0.3) is 11.8 Å². The number of nitrogens with one attached hydrogen (secondary N) is 1. The van der Waals surface area contributed by atoms with Crippen LogP contribution in [0.5, 0.6) is 0 Å². The third-order valence-electron chi connectivity index (χ3n) is 4.52. The first-order valence-electron chi connectivity index (χ1n) is 8.61. The van der Waals surface area contributed by atoms with Gasteiger partial charge in [0.1, 0.15) is 0 Å². The predicted molar refractivity (Wildman–Crippen MR) is 99.7 cm³/mol. The quantitative estimate of drug-likeness (QED) is 0.842. The second-order valence-corrected chi connectivity index (χ2v) is 6.46. The largest absolute Gasteiger partial charge is 0.399 e. The van der Waals surface area contributed by atoms with Gasteiger partial charge in [-0.3, -0.25) is 9.59 Å². The average Bonchev–Trinajstić information content (AvgIpc) is 2.64. The fraction of sp³-hybridized carbons (Fsp3) is 0.300. The zero-order valence-corrected chi connectivity index (χ0v) is 14.4. The molecule has 1 aliphatic rings. The summed E-state index contributed by atoms with van der Waals surface area (Å²) in [5.74, 6) is -0.205. The summed E-state index contributed by atoms with van der Waals surface area (Å²) in [4.78, 5) is 27.0. The van der Waals surface area contributed by atoms with Gasteiger partial charge < -0.3 is 16.0 Å². The summed E-state index contributed by atoms with van der Waals surface area (Å²) in [5, 5.41) is 2.86. The van der Waals surface area contributed by atoms with Crippen LogP contribution >= 0.6 is 0 Å². The number of aryl methyl sites for hydroxylation is 1. The fourth-order valence-electron chi connectivity index (χ4n) is 3.09. The number of amides is 2. The second kappa shape index (κ2) is 7.38. The number of nitrogen functional groups attached to an aromatic ring is 1. The first-order chi connectivity index (χ1) is 12.0. The number of carbonyl (C=O) groups excluding carboxylic acids is 2. The Labute approximate surface area is 147 Å². The minimum atomic E-state index is -0.229. The van der Waals surface area contributed by atoms with Crippen molar-refractivity contribution in [3.8, 4) is 0 Å². The van der Waals surface area contributed by atoms with Crippen molar-refractivity contribution in [1.82, 2.24) is 4.90 Å². The van der Waals surface area contributed by atoms with Crippen LogP contribution in [-0.4, -0.2) is 29.8 Å². The molecule has 2 amide bonds. The van der Waals surface area contributed by atoms with E-state index in [-0.39, 0.29) is 11.8 Å². The second-order valence-electron chi connectivity index (χ2n) is 6.46. The lowest BCUT2D eigenvalue weighted by molar-refractivity contribution is 0.0724. The highest BCUT2D eigenvalue weighted by atomic mass is 16.2. The molecule has 0 spiro atoms. The molecule has 0 saturated carbocycles. The van der Waals surface area contributed by atoms with Gasteiger partial charge in [0.05, 0.1) is 0 Å². The first-order valence-corrected chi connectivity index (χ1v) is 8.61. The van der Waals surface area contributed by atoms with Crippen molar-refractivity contribution in [3.63, 3.8) is 0 Å². The highest BCUT2D eigenvalue weighted by Gasteiger charge is 2.18. The molecule has 0 atom stereocenters. The summed E-state index contributed by atoms with van der Waals surface area (Å²) in [6.45, 7) is 3.47. The van der Waals surface area contributed by atoms with Gasteiger partial charge in [0.15, 0.2) is 0 Å². The minimum absolute atomic E-state index is 0.0240. The Bertz CT molecular complexity index is 795. The van der Waals surface area contributed by atoms with E-state index >= 15 is 0 Å². The summed E-state index contributed by atoms with van der Waals surface area (Å²) >= 11 is 0. The van der Waals surface area contributed by atoms with E-state index in [1.54, 1.807) is 36.4 Å². The molecule has 0 unspecified atom stereocenters. The van der Waals surface area contributed by atoms with Gasteiger partial charge in [-0.25, -0.2) is 0 Å². The number of carbonyl (C=O) groups is 2. The zero-order chi connectivity index (χ0) is 17.8. The smallest absolute Gasteiger partial charge is 0.256 e. The summed E-state index contributed by atoms with van der Waals surface area (Å²) in [7, 11) is 0. The van der Waals surface area contributed by atoms with Crippen LogP contribution in [0.1, 0.15) is 45.5 Å². The van der Waals surface area contributed by atoms with Gasteiger partial charge in [-0.05, 0) is 62.1 Å². The molecule has 1 heterocycles. The van der Waals surface area contributed by atoms with Gasteiger partial charge >= 0.3 is 0 Å². The van der Waals surface area contributed by atoms with Crippen molar-refractivity contribution in [2.75, 3.05) is 24.1 Å². The molecular weight excluding hydrogens is 314 g/mol. The maximum Gasteiger partial charge on any atom is 0.256 e. The van der Waals surface area contributed by atoms with E-state index in [0.717, 1.165) is 31.5 Å². The van der Waals surface area contributed by atoms with Crippen LogP contribution in [0.25, 0.3) is 0 Å². The fourth-order valence-corrected chi connectivity index (χ4v) is 3.09. The molecule has 1 fully saturated rings. The number of piperidine rings is 1. The number of benzene rings is 2. The van der Waals surface area contributed by atoms with Crippen molar-refractivity contribution >= 4 is 23.2 Å². The van der Waals surface area contributed by atoms with Gasteiger partial charge in [0.2, 0.25) is 0 Å². The number of nitrogens with zero attached hydrogens (tertiary/aromatic N) is 1. The third-order valence-corrected chi connectivity index (χ3v) is 4.52. The first kappa shape index (κ1) is 17.0. The van der Waals surface area contributed by atoms with E-state index in [1.165, 1.54) is 6.42 Å². The summed E-state index contributed by atoms with van der Waals surface area (Å²) in [6.07, 6.45) is 3.28. The van der Waals surface area contributed by atoms with Crippen molar-refractivity contribution in [3.05, 3.63) is 59.2 Å². The number of anilines is 2. The molecule has 2 aromatic carbocycles. The lowest BCUT2D eigenvalue weighted by atomic mass is 10.1. The molecule has 25 heavy (non-hydrogen) atoms. The monoisotopic (exact) mass is 337 g/mol. The summed E-state index contributed by atoms with van der Waals surface area (Å²) < 4.78 is 0. The van der Waals surface area contributed by atoms with Crippen LogP contribution in [-0.2, 0) is 0 Å².